The minimum atomic E-state index is 0.199. The summed E-state index contributed by atoms with van der Waals surface area (Å²) >= 11 is 0. The molecule has 3 N–H and O–H groups in total. The van der Waals surface area contributed by atoms with Crippen LogP contribution in [0.25, 0.3) is 0 Å². The zero-order valence-electron chi connectivity index (χ0n) is 13.5. The van der Waals surface area contributed by atoms with Crippen LogP contribution >= 0.6 is 0 Å². The highest BCUT2D eigenvalue weighted by Gasteiger charge is 2.14. The second kappa shape index (κ2) is 6.89. The Bertz CT molecular complexity index is 427. The van der Waals surface area contributed by atoms with Crippen LogP contribution in [-0.2, 0) is 12.0 Å². The van der Waals surface area contributed by atoms with E-state index in [2.05, 4.69) is 63.8 Å². The van der Waals surface area contributed by atoms with Crippen molar-refractivity contribution < 1.29 is 0 Å². The van der Waals surface area contributed by atoms with Gasteiger partial charge in [-0.2, -0.15) is 0 Å². The van der Waals surface area contributed by atoms with Crippen molar-refractivity contribution in [1.29, 1.82) is 5.41 Å². The third kappa shape index (κ3) is 5.33. The van der Waals surface area contributed by atoms with Crippen molar-refractivity contribution in [3.63, 3.8) is 0 Å². The average Bonchev–Trinajstić information content (AvgIpc) is 2.33. The maximum Gasteiger partial charge on any atom is 0.0918 e. The molecule has 0 aliphatic carbocycles. The molecule has 0 heterocycles. The lowest BCUT2D eigenvalue weighted by Gasteiger charge is -2.27. The van der Waals surface area contributed by atoms with Crippen LogP contribution in [0.5, 0.6) is 0 Å². The zero-order valence-corrected chi connectivity index (χ0v) is 13.5. The fraction of sp³-hybridized carbons (Fsp3) is 0.588. The summed E-state index contributed by atoms with van der Waals surface area (Å²) in [5.74, 6) is 0.263. The first-order chi connectivity index (χ1) is 9.20. The Balaban J connectivity index is 2.71. The van der Waals surface area contributed by atoms with Gasteiger partial charge in [0, 0.05) is 25.6 Å². The van der Waals surface area contributed by atoms with E-state index < -0.39 is 0 Å². The smallest absolute Gasteiger partial charge is 0.0918 e. The van der Waals surface area contributed by atoms with E-state index in [0.717, 1.165) is 13.1 Å². The first-order valence-electron chi connectivity index (χ1n) is 7.36. The van der Waals surface area contributed by atoms with Gasteiger partial charge in [0.2, 0.25) is 0 Å². The van der Waals surface area contributed by atoms with Crippen molar-refractivity contribution in [2.24, 2.45) is 5.73 Å². The van der Waals surface area contributed by atoms with Crippen LogP contribution in [0.2, 0.25) is 0 Å². The van der Waals surface area contributed by atoms with Crippen molar-refractivity contribution in [2.75, 3.05) is 6.54 Å². The predicted octanol–water partition coefficient (Wildman–Crippen LogP) is 3.52. The molecule has 0 aliphatic heterocycles. The van der Waals surface area contributed by atoms with Crippen molar-refractivity contribution in [3.05, 3.63) is 35.4 Å². The minimum absolute atomic E-state index is 0.199. The van der Waals surface area contributed by atoms with E-state index in [0.29, 0.717) is 12.5 Å². The van der Waals surface area contributed by atoms with E-state index in [1.807, 2.05) is 0 Å². The van der Waals surface area contributed by atoms with Gasteiger partial charge in [-0.1, -0.05) is 45.0 Å². The maximum atomic E-state index is 7.36. The molecule has 0 unspecified atom stereocenters. The molecule has 1 rings (SSSR count). The van der Waals surface area contributed by atoms with Crippen LogP contribution in [0, 0.1) is 5.41 Å². The third-order valence-electron chi connectivity index (χ3n) is 3.60. The molecule has 0 bridgehead atoms. The van der Waals surface area contributed by atoms with Gasteiger partial charge in [0.15, 0.2) is 0 Å². The third-order valence-corrected chi connectivity index (χ3v) is 3.60. The standard InChI is InChI=1S/C17H29N3/c1-13(2)20(11-10-16(18)19)12-14-6-8-15(9-7-14)17(3,4)5/h6-9,13H,10-12H2,1-5H3,(H3,18,19). The number of nitrogens with two attached hydrogens (primary N) is 1. The number of hydrogen-bond donors (Lipinski definition) is 2. The van der Waals surface area contributed by atoms with Gasteiger partial charge >= 0.3 is 0 Å². The summed E-state index contributed by atoms with van der Waals surface area (Å²) in [6.07, 6.45) is 0.637. The lowest BCUT2D eigenvalue weighted by atomic mass is 9.87. The Morgan fingerprint density at radius 1 is 1.20 bits per heavy atom. The molecule has 1 aromatic carbocycles. The lowest BCUT2D eigenvalue weighted by molar-refractivity contribution is 0.219. The summed E-state index contributed by atoms with van der Waals surface area (Å²) in [6.45, 7) is 12.8. The van der Waals surface area contributed by atoms with Crippen LogP contribution in [0.15, 0.2) is 24.3 Å². The van der Waals surface area contributed by atoms with Crippen LogP contribution in [0.3, 0.4) is 0 Å². The summed E-state index contributed by atoms with van der Waals surface area (Å²) in [5.41, 5.74) is 8.34. The Morgan fingerprint density at radius 3 is 2.15 bits per heavy atom. The van der Waals surface area contributed by atoms with Crippen LogP contribution in [0.1, 0.15) is 52.2 Å². The molecule has 0 aromatic heterocycles. The number of nitrogens with zero attached hydrogens (tertiary/aromatic N) is 1. The molecule has 0 atom stereocenters. The van der Waals surface area contributed by atoms with Crippen molar-refractivity contribution >= 4 is 5.84 Å². The van der Waals surface area contributed by atoms with Gasteiger partial charge in [-0.25, -0.2) is 0 Å². The highest BCUT2D eigenvalue weighted by atomic mass is 15.1. The summed E-state index contributed by atoms with van der Waals surface area (Å²) in [7, 11) is 0. The van der Waals surface area contributed by atoms with Gasteiger partial charge in [-0.15, -0.1) is 0 Å². The lowest BCUT2D eigenvalue weighted by Crippen LogP contribution is -2.33. The Hall–Kier alpha value is -1.35. The second-order valence-corrected chi connectivity index (χ2v) is 6.79. The first-order valence-corrected chi connectivity index (χ1v) is 7.36. The summed E-state index contributed by atoms with van der Waals surface area (Å²) < 4.78 is 0. The van der Waals surface area contributed by atoms with E-state index >= 15 is 0 Å². The van der Waals surface area contributed by atoms with Crippen LogP contribution in [-0.4, -0.2) is 23.3 Å². The van der Waals surface area contributed by atoms with Gasteiger partial charge in [-0.3, -0.25) is 10.3 Å². The van der Waals surface area contributed by atoms with E-state index in [1.165, 1.54) is 11.1 Å². The average molecular weight is 275 g/mol. The van der Waals surface area contributed by atoms with E-state index in [4.69, 9.17) is 11.1 Å². The molecule has 0 fully saturated rings. The molecule has 1 aromatic rings. The second-order valence-electron chi connectivity index (χ2n) is 6.79. The van der Waals surface area contributed by atoms with Crippen molar-refractivity contribution in [1.82, 2.24) is 4.90 Å². The molecule has 0 saturated heterocycles. The molecular weight excluding hydrogens is 246 g/mol. The molecule has 3 nitrogen and oxygen atoms in total. The first kappa shape index (κ1) is 16.7. The van der Waals surface area contributed by atoms with E-state index in [-0.39, 0.29) is 11.3 Å². The molecular formula is C17H29N3. The zero-order chi connectivity index (χ0) is 15.3. The Kier molecular flexibility index (Phi) is 5.75. The van der Waals surface area contributed by atoms with Gasteiger partial charge in [0.1, 0.15) is 0 Å². The normalized spacial score (nSPS) is 12.2. The fourth-order valence-corrected chi connectivity index (χ4v) is 2.13. The van der Waals surface area contributed by atoms with Crippen molar-refractivity contribution in [3.8, 4) is 0 Å². The number of amidine groups is 1. The van der Waals surface area contributed by atoms with Gasteiger partial charge in [0.25, 0.3) is 0 Å². The monoisotopic (exact) mass is 275 g/mol. The van der Waals surface area contributed by atoms with E-state index in [9.17, 15) is 0 Å². The molecule has 3 heteroatoms. The number of rotatable bonds is 6. The maximum absolute atomic E-state index is 7.36. The van der Waals surface area contributed by atoms with Gasteiger partial charge < -0.3 is 5.73 Å². The molecule has 0 spiro atoms. The quantitative estimate of drug-likeness (QED) is 0.616. The molecule has 0 saturated carbocycles. The number of hydrogen-bond acceptors (Lipinski definition) is 2. The SMILES string of the molecule is CC(C)N(CCC(=N)N)Cc1ccc(C(C)(C)C)cc1. The summed E-state index contributed by atoms with van der Waals surface area (Å²) in [4.78, 5) is 2.35. The molecule has 0 amide bonds. The Morgan fingerprint density at radius 2 is 1.75 bits per heavy atom. The molecule has 0 radical (unpaired) electrons. The largest absolute Gasteiger partial charge is 0.388 e. The summed E-state index contributed by atoms with van der Waals surface area (Å²) in [6, 6.07) is 9.32. The molecule has 112 valence electrons. The fourth-order valence-electron chi connectivity index (χ4n) is 2.13. The van der Waals surface area contributed by atoms with Crippen molar-refractivity contribution in [2.45, 2.75) is 59.0 Å². The molecule has 0 aliphatic rings. The van der Waals surface area contributed by atoms with Crippen LogP contribution in [0.4, 0.5) is 0 Å². The summed E-state index contributed by atoms with van der Waals surface area (Å²) in [5, 5.41) is 7.36. The minimum Gasteiger partial charge on any atom is -0.388 e. The van der Waals surface area contributed by atoms with Gasteiger partial charge in [-0.05, 0) is 30.4 Å². The van der Waals surface area contributed by atoms with Gasteiger partial charge in [0.05, 0.1) is 5.84 Å². The van der Waals surface area contributed by atoms with E-state index in [1.54, 1.807) is 0 Å². The predicted molar refractivity (Wildman–Crippen MR) is 87.2 cm³/mol. The Labute approximate surface area is 123 Å². The highest BCUT2D eigenvalue weighted by Crippen LogP contribution is 2.22. The highest BCUT2D eigenvalue weighted by molar-refractivity contribution is 5.76. The molecule has 20 heavy (non-hydrogen) atoms. The topological polar surface area (TPSA) is 53.1 Å². The number of nitrogens with one attached hydrogen (secondary N) is 1. The van der Waals surface area contributed by atoms with Crippen LogP contribution < -0.4 is 5.73 Å². The number of benzene rings is 1.